The van der Waals surface area contributed by atoms with Crippen LogP contribution in [-0.4, -0.2) is 146 Å². The number of tetrazole rings is 4. The van der Waals surface area contributed by atoms with E-state index in [1.54, 1.807) is 27.7 Å². The predicted octanol–water partition coefficient (Wildman–Crippen LogP) is -4.11. The molecule has 0 spiro atoms. The zero-order chi connectivity index (χ0) is 70.9. The molecule has 4 aromatic carbocycles. The van der Waals surface area contributed by atoms with E-state index in [0.717, 1.165) is 19.2 Å². The van der Waals surface area contributed by atoms with Gasteiger partial charge in [0.2, 0.25) is 0 Å². The third-order valence-corrected chi connectivity index (χ3v) is 9.18. The molecular formula is C32H30Cu2N32O29. The summed E-state index contributed by atoms with van der Waals surface area (Å²) in [6.45, 7) is 6.89. The monoisotopic (exact) mass is 1450 g/mol. The molecule has 0 aliphatic rings. The molecular weight excluding hydrogens is 1420 g/mol. The summed E-state index contributed by atoms with van der Waals surface area (Å²) < 4.78 is 0. The maximum Gasteiger partial charge on any atom is 2.00 e. The molecule has 8 aromatic rings. The second kappa shape index (κ2) is 37.9. The summed E-state index contributed by atoms with van der Waals surface area (Å²) in [6, 6.07) is 3.07. The number of aromatic nitrogens is 16. The fraction of sp³-hybridized carbons (Fsp3) is 0.125. The first kappa shape index (κ1) is 84.6. The van der Waals surface area contributed by atoms with Crippen LogP contribution in [0.3, 0.4) is 0 Å². The molecule has 4 heterocycles. The van der Waals surface area contributed by atoms with Gasteiger partial charge in [0.25, 0.3) is 68.2 Å². The first-order chi connectivity index (χ1) is 42.6. The van der Waals surface area contributed by atoms with Gasteiger partial charge in [-0.3, -0.25) is 121 Å². The van der Waals surface area contributed by atoms with Gasteiger partial charge < -0.3 is 49.3 Å². The number of hydrogen-bond donors (Lipinski definition) is 4. The number of nitro groups is 12. The Labute approximate surface area is 534 Å². The van der Waals surface area contributed by atoms with Crippen LogP contribution in [0.5, 0.6) is 23.0 Å². The molecule has 0 aliphatic heterocycles. The Morgan fingerprint density at radius 1 is 0.274 bits per heavy atom. The summed E-state index contributed by atoms with van der Waals surface area (Å²) in [5.74, 6) is 17.1. The van der Waals surface area contributed by atoms with Gasteiger partial charge in [0.05, 0.1) is 131 Å². The van der Waals surface area contributed by atoms with Gasteiger partial charge in [0.1, 0.15) is 0 Å². The van der Waals surface area contributed by atoms with Gasteiger partial charge in [-0.25, -0.2) is 0 Å². The molecule has 61 nitrogen and oxygen atoms in total. The molecule has 8 rings (SSSR count). The first-order valence-corrected chi connectivity index (χ1v) is 21.7. The average molecular weight is 1450 g/mol. The Morgan fingerprint density at radius 3 is 0.442 bits per heavy atom. The van der Waals surface area contributed by atoms with E-state index in [2.05, 4.69) is 62.1 Å². The molecule has 514 valence electrons. The van der Waals surface area contributed by atoms with Crippen molar-refractivity contribution < 1.29 is 119 Å². The van der Waals surface area contributed by atoms with Gasteiger partial charge in [-0.1, -0.05) is 0 Å². The number of benzene rings is 4. The number of nitro benzene ring substituents is 12. The maximum absolute atomic E-state index is 11.1. The first-order valence-electron chi connectivity index (χ1n) is 21.7. The number of aryl methyl sites for hydroxylation is 4. The molecule has 0 aliphatic carbocycles. The number of nitrogens with zero attached hydrogens (tertiary/aromatic N) is 28. The van der Waals surface area contributed by atoms with Gasteiger partial charge in [0.15, 0.2) is 23.3 Å². The summed E-state index contributed by atoms with van der Waals surface area (Å²) in [5.41, 5.74) is -13.1. The Kier molecular flexibility index (Phi) is 33.8. The third kappa shape index (κ3) is 25.2. The summed E-state index contributed by atoms with van der Waals surface area (Å²) in [4.78, 5) is 115. The molecule has 4 aromatic heterocycles. The van der Waals surface area contributed by atoms with Crippen LogP contribution in [0.2, 0.25) is 0 Å². The molecule has 0 saturated carbocycles. The molecule has 2 radical (unpaired) electrons. The number of rotatable bonds is 12. The van der Waals surface area contributed by atoms with E-state index < -0.39 is 150 Å². The SMILES string of the molecule is Cc1nnnn1N.Cc1nnnn1N.Cc1nnnn1N.Cc1nnnn1N.O.O=[N+]([O-])c1cc([N+](=O)[O-])c([O-])c([N+](=O)[O-])c1.O=[N+]([O-])c1cc([N+](=O)[O-])c([O-])c([N+](=O)[O-])c1.O=[N+]([O-])c1cc([N+](=O)[O-])c([O-])c([N+](=O)[O-])c1.O=[N+]([O-])c1cc([N+](=O)[O-])c([O-])c([N+](=O)[O-])c1.[Cu+2].[Cu+2]. The van der Waals surface area contributed by atoms with Crippen LogP contribution < -0.4 is 43.8 Å². The van der Waals surface area contributed by atoms with E-state index in [0.29, 0.717) is 71.8 Å². The average Bonchev–Trinajstić information content (AvgIpc) is 1.33. The van der Waals surface area contributed by atoms with Gasteiger partial charge in [-0.2, -0.15) is 0 Å². The summed E-state index contributed by atoms with van der Waals surface area (Å²) in [6.07, 6.45) is 0. The molecule has 95 heavy (non-hydrogen) atoms. The van der Waals surface area contributed by atoms with Crippen molar-refractivity contribution in [1.82, 2.24) is 81.3 Å². The van der Waals surface area contributed by atoms with Crippen molar-refractivity contribution >= 4 is 68.2 Å². The zero-order valence-electron chi connectivity index (χ0n) is 46.0. The van der Waals surface area contributed by atoms with Gasteiger partial charge >= 0.3 is 34.1 Å². The van der Waals surface area contributed by atoms with E-state index in [9.17, 15) is 142 Å². The molecule has 0 atom stereocenters. The van der Waals surface area contributed by atoms with Crippen molar-refractivity contribution in [3.63, 3.8) is 0 Å². The van der Waals surface area contributed by atoms with E-state index in [1.807, 2.05) is 0 Å². The fourth-order valence-electron chi connectivity index (χ4n) is 4.80. The van der Waals surface area contributed by atoms with Crippen LogP contribution in [0.4, 0.5) is 68.2 Å². The molecule has 0 unspecified atom stereocenters. The second-order valence-electron chi connectivity index (χ2n) is 15.0. The molecule has 0 saturated heterocycles. The Hall–Kier alpha value is -14.6. The predicted molar refractivity (Wildman–Crippen MR) is 278 cm³/mol. The third-order valence-electron chi connectivity index (χ3n) is 9.18. The largest absolute Gasteiger partial charge is 2.00 e. The zero-order valence-corrected chi connectivity index (χ0v) is 47.9. The number of nitrogen functional groups attached to an aromatic ring is 4. The summed E-state index contributed by atoms with van der Waals surface area (Å²) >= 11 is 0. The number of non-ortho nitro benzene ring substituents is 4. The van der Waals surface area contributed by atoms with Crippen molar-refractivity contribution in [2.75, 3.05) is 23.4 Å². The van der Waals surface area contributed by atoms with E-state index in [4.69, 9.17) is 23.4 Å². The molecule has 63 heteroatoms. The van der Waals surface area contributed by atoms with Crippen LogP contribution in [0.25, 0.3) is 0 Å². The van der Waals surface area contributed by atoms with Gasteiger partial charge in [-0.05, 0) is 69.4 Å². The van der Waals surface area contributed by atoms with Crippen LogP contribution in [0.1, 0.15) is 23.3 Å². The Bertz CT molecular complexity index is 3410. The molecule has 0 amide bonds. The van der Waals surface area contributed by atoms with Crippen molar-refractivity contribution in [1.29, 1.82) is 0 Å². The van der Waals surface area contributed by atoms with Crippen molar-refractivity contribution in [3.05, 3.63) is 193 Å². The van der Waals surface area contributed by atoms with Crippen LogP contribution in [0.15, 0.2) is 48.5 Å². The minimum Gasteiger partial charge on any atom is -0.863 e. The van der Waals surface area contributed by atoms with Gasteiger partial charge in [-0.15, -0.1) is 39.6 Å². The molecule has 0 bridgehead atoms. The summed E-state index contributed by atoms with van der Waals surface area (Å²) in [5, 5.41) is 209. The van der Waals surface area contributed by atoms with Crippen molar-refractivity contribution in [2.24, 2.45) is 0 Å². The Balaban J connectivity index is -0.00000104. The van der Waals surface area contributed by atoms with Gasteiger partial charge in [0, 0.05) is 0 Å². The smallest absolute Gasteiger partial charge is 0.863 e. The Morgan fingerprint density at radius 2 is 0.389 bits per heavy atom. The standard InChI is InChI=1S/4C6H3N3O7.4C2H5N5.2Cu.H2O/c4*10-6-4(8(13)14)1-3(7(11)12)2-5(6)9(15)16;4*1-2-4-5-6-7(2)3;;;/h4*1-2,10H;4*3H2,1H3;;;1H2/q;;;;;;;;2*+2;/p-4. The van der Waals surface area contributed by atoms with Crippen molar-refractivity contribution in [2.45, 2.75) is 27.7 Å². The minimum atomic E-state index is -1.46. The van der Waals surface area contributed by atoms with Crippen LogP contribution in [0, 0.1) is 149 Å². The fourth-order valence-corrected chi connectivity index (χ4v) is 4.80. The molecule has 10 N–H and O–H groups in total. The maximum atomic E-state index is 11.1. The molecule has 0 fully saturated rings. The van der Waals surface area contributed by atoms with E-state index in [-0.39, 0.29) is 39.6 Å². The normalized spacial score (nSPS) is 9.31. The minimum absolute atomic E-state index is 0. The quantitative estimate of drug-likeness (QED) is 0.0391. The number of hydrogen-bond acceptors (Lipinski definition) is 44. The topological polar surface area (TPSA) is 920 Å². The van der Waals surface area contributed by atoms with E-state index >= 15 is 0 Å². The van der Waals surface area contributed by atoms with Crippen molar-refractivity contribution in [3.8, 4) is 23.0 Å². The second-order valence-corrected chi connectivity index (χ2v) is 15.0. The summed E-state index contributed by atoms with van der Waals surface area (Å²) in [7, 11) is 0. The van der Waals surface area contributed by atoms with Crippen LogP contribution >= 0.6 is 0 Å². The van der Waals surface area contributed by atoms with Crippen LogP contribution in [-0.2, 0) is 34.1 Å². The van der Waals surface area contributed by atoms with E-state index in [1.165, 1.54) is 0 Å². The number of nitrogens with two attached hydrogens (primary N) is 4.